The summed E-state index contributed by atoms with van der Waals surface area (Å²) in [4.78, 5) is 10.7. The second-order valence-electron chi connectivity index (χ2n) is 5.92. The highest BCUT2D eigenvalue weighted by Crippen LogP contribution is 2.27. The van der Waals surface area contributed by atoms with Gasteiger partial charge in [0.15, 0.2) is 9.84 Å². The van der Waals surface area contributed by atoms with E-state index in [1.54, 1.807) is 24.3 Å². The molecular formula is C18H18ClN3O3S. The smallest absolute Gasteiger partial charge is 0.175 e. The molecule has 0 aliphatic heterocycles. The van der Waals surface area contributed by atoms with E-state index in [9.17, 15) is 13.5 Å². The number of halogens is 1. The molecule has 0 aliphatic carbocycles. The van der Waals surface area contributed by atoms with Crippen molar-refractivity contribution in [3.63, 3.8) is 0 Å². The predicted octanol–water partition coefficient (Wildman–Crippen LogP) is 2.69. The lowest BCUT2D eigenvalue weighted by molar-refractivity contribution is 0.301. The van der Waals surface area contributed by atoms with Crippen LogP contribution in [0.5, 0.6) is 0 Å². The second kappa shape index (κ2) is 7.57. The minimum absolute atomic E-state index is 0.0646. The molecular weight excluding hydrogens is 374 g/mol. The van der Waals surface area contributed by atoms with E-state index in [0.29, 0.717) is 34.8 Å². The van der Waals surface area contributed by atoms with Gasteiger partial charge in [-0.2, -0.15) is 0 Å². The number of fused-ring (bicyclic) bond motifs is 1. The Morgan fingerprint density at radius 2 is 1.85 bits per heavy atom. The summed E-state index contributed by atoms with van der Waals surface area (Å²) in [5, 5.41) is 10.7. The molecule has 0 bridgehead atoms. The first kappa shape index (κ1) is 18.6. The highest BCUT2D eigenvalue weighted by molar-refractivity contribution is 7.90. The molecule has 0 spiro atoms. The Labute approximate surface area is 157 Å². The molecule has 0 amide bonds. The lowest BCUT2D eigenvalue weighted by Gasteiger charge is -2.24. The molecule has 1 heterocycles. The van der Waals surface area contributed by atoms with Gasteiger partial charge in [-0.3, -0.25) is 0 Å². The van der Waals surface area contributed by atoms with Crippen LogP contribution in [0.4, 0.5) is 5.82 Å². The molecule has 26 heavy (non-hydrogen) atoms. The van der Waals surface area contributed by atoms with Crippen LogP contribution in [0.15, 0.2) is 53.7 Å². The first-order valence-corrected chi connectivity index (χ1v) is 10.2. The number of aliphatic hydroxyl groups is 1. The van der Waals surface area contributed by atoms with Crippen LogP contribution in [-0.2, 0) is 16.4 Å². The third-order valence-electron chi connectivity index (χ3n) is 3.97. The van der Waals surface area contributed by atoms with Crippen LogP contribution in [0.2, 0.25) is 5.02 Å². The third-order valence-corrected chi connectivity index (χ3v) is 5.33. The molecule has 0 unspecified atom stereocenters. The van der Waals surface area contributed by atoms with E-state index >= 15 is 0 Å². The molecule has 1 N–H and O–H groups in total. The van der Waals surface area contributed by atoms with Crippen LogP contribution in [-0.4, -0.2) is 42.9 Å². The summed E-state index contributed by atoms with van der Waals surface area (Å²) in [6, 6.07) is 12.2. The Morgan fingerprint density at radius 1 is 1.12 bits per heavy atom. The van der Waals surface area contributed by atoms with Gasteiger partial charge in [0, 0.05) is 29.8 Å². The van der Waals surface area contributed by atoms with Gasteiger partial charge in [-0.05, 0) is 35.9 Å². The van der Waals surface area contributed by atoms with Crippen LogP contribution >= 0.6 is 11.6 Å². The lowest BCUT2D eigenvalue weighted by Crippen LogP contribution is -2.27. The van der Waals surface area contributed by atoms with Crippen molar-refractivity contribution in [2.75, 3.05) is 24.3 Å². The van der Waals surface area contributed by atoms with E-state index in [1.807, 2.05) is 17.0 Å². The van der Waals surface area contributed by atoms with Gasteiger partial charge < -0.3 is 10.0 Å². The summed E-state index contributed by atoms with van der Waals surface area (Å²) >= 11 is 5.93. The molecule has 3 aromatic rings. The van der Waals surface area contributed by atoms with E-state index in [-0.39, 0.29) is 11.5 Å². The fourth-order valence-electron chi connectivity index (χ4n) is 2.70. The number of nitrogens with zero attached hydrogens (tertiary/aromatic N) is 3. The highest BCUT2D eigenvalue weighted by atomic mass is 35.5. The summed E-state index contributed by atoms with van der Waals surface area (Å²) in [5.74, 6) is 0.574. The quantitative estimate of drug-likeness (QED) is 0.695. The minimum atomic E-state index is -3.35. The lowest BCUT2D eigenvalue weighted by atomic mass is 10.2. The zero-order valence-electron chi connectivity index (χ0n) is 14.1. The van der Waals surface area contributed by atoms with Crippen LogP contribution in [0.1, 0.15) is 5.56 Å². The largest absolute Gasteiger partial charge is 0.395 e. The van der Waals surface area contributed by atoms with E-state index in [4.69, 9.17) is 11.6 Å². The molecule has 1 aromatic heterocycles. The fraction of sp³-hybridized carbons (Fsp3) is 0.222. The topological polar surface area (TPSA) is 83.4 Å². The zero-order valence-corrected chi connectivity index (χ0v) is 15.7. The summed E-state index contributed by atoms with van der Waals surface area (Å²) in [7, 11) is -3.35. The molecule has 0 saturated carbocycles. The maximum atomic E-state index is 11.9. The van der Waals surface area contributed by atoms with Crippen molar-refractivity contribution >= 4 is 38.2 Å². The number of aromatic nitrogens is 2. The number of hydrogen-bond donors (Lipinski definition) is 1. The Bertz CT molecular complexity index is 1020. The van der Waals surface area contributed by atoms with Gasteiger partial charge >= 0.3 is 0 Å². The average Bonchev–Trinajstić information content (AvgIpc) is 2.61. The summed E-state index contributed by atoms with van der Waals surface area (Å²) in [6.45, 7) is 0.773. The van der Waals surface area contributed by atoms with E-state index in [2.05, 4.69) is 9.97 Å². The minimum Gasteiger partial charge on any atom is -0.395 e. The van der Waals surface area contributed by atoms with Crippen molar-refractivity contribution in [1.82, 2.24) is 9.97 Å². The SMILES string of the molecule is CS(=O)(=O)c1ccc2ncnc(N(CCO)Cc3ccc(Cl)cc3)c2c1. The second-order valence-corrected chi connectivity index (χ2v) is 8.37. The number of rotatable bonds is 6. The van der Waals surface area contributed by atoms with Gasteiger partial charge in [0.25, 0.3) is 0 Å². The van der Waals surface area contributed by atoms with Crippen LogP contribution < -0.4 is 4.90 Å². The molecule has 2 aromatic carbocycles. The van der Waals surface area contributed by atoms with Crippen molar-refractivity contribution in [3.8, 4) is 0 Å². The first-order valence-electron chi connectivity index (χ1n) is 7.93. The predicted molar refractivity (Wildman–Crippen MR) is 102 cm³/mol. The van der Waals surface area contributed by atoms with Crippen molar-refractivity contribution in [2.45, 2.75) is 11.4 Å². The zero-order chi connectivity index (χ0) is 18.7. The molecule has 0 radical (unpaired) electrons. The highest BCUT2D eigenvalue weighted by Gasteiger charge is 2.16. The average molecular weight is 392 g/mol. The fourth-order valence-corrected chi connectivity index (χ4v) is 3.47. The summed E-state index contributed by atoms with van der Waals surface area (Å²) in [5.41, 5.74) is 1.63. The summed E-state index contributed by atoms with van der Waals surface area (Å²) in [6.07, 6.45) is 2.60. The number of anilines is 1. The Kier molecular flexibility index (Phi) is 5.41. The van der Waals surface area contributed by atoms with E-state index in [1.165, 1.54) is 12.4 Å². The Morgan fingerprint density at radius 3 is 2.50 bits per heavy atom. The molecule has 0 atom stereocenters. The van der Waals surface area contributed by atoms with Crippen molar-refractivity contribution < 1.29 is 13.5 Å². The number of benzene rings is 2. The maximum Gasteiger partial charge on any atom is 0.175 e. The molecule has 0 aliphatic rings. The first-order chi connectivity index (χ1) is 12.4. The molecule has 6 nitrogen and oxygen atoms in total. The maximum absolute atomic E-state index is 11.9. The van der Waals surface area contributed by atoms with Gasteiger partial charge in [0.1, 0.15) is 12.1 Å². The number of sulfone groups is 1. The van der Waals surface area contributed by atoms with Crippen molar-refractivity contribution in [3.05, 3.63) is 59.4 Å². The molecule has 136 valence electrons. The van der Waals surface area contributed by atoms with Gasteiger partial charge in [-0.25, -0.2) is 18.4 Å². The van der Waals surface area contributed by atoms with Crippen molar-refractivity contribution in [1.29, 1.82) is 0 Å². The molecule has 0 saturated heterocycles. The molecule has 0 fully saturated rings. The van der Waals surface area contributed by atoms with Crippen molar-refractivity contribution in [2.24, 2.45) is 0 Å². The van der Waals surface area contributed by atoms with Crippen LogP contribution in [0.25, 0.3) is 10.9 Å². The van der Waals surface area contributed by atoms with Gasteiger partial charge in [-0.15, -0.1) is 0 Å². The molecule has 8 heteroatoms. The Hall–Kier alpha value is -2.22. The normalized spacial score (nSPS) is 11.7. The van der Waals surface area contributed by atoms with E-state index < -0.39 is 9.84 Å². The third kappa shape index (κ3) is 4.12. The van der Waals surface area contributed by atoms with Gasteiger partial charge in [0.2, 0.25) is 0 Å². The van der Waals surface area contributed by atoms with E-state index in [0.717, 1.165) is 11.8 Å². The number of aliphatic hydroxyl groups excluding tert-OH is 1. The Balaban J connectivity index is 2.08. The monoisotopic (exact) mass is 391 g/mol. The standard InChI is InChI=1S/C18H18ClN3O3S/c1-26(24,25)15-6-7-17-16(10-15)18(21-12-20-17)22(8-9-23)11-13-2-4-14(19)5-3-13/h2-7,10,12,23H,8-9,11H2,1H3. The van der Waals surface area contributed by atoms with Crippen LogP contribution in [0.3, 0.4) is 0 Å². The summed E-state index contributed by atoms with van der Waals surface area (Å²) < 4.78 is 23.8. The van der Waals surface area contributed by atoms with Crippen LogP contribution in [0, 0.1) is 0 Å². The molecule has 3 rings (SSSR count). The van der Waals surface area contributed by atoms with Gasteiger partial charge in [0.05, 0.1) is 17.0 Å². The number of hydrogen-bond acceptors (Lipinski definition) is 6. The van der Waals surface area contributed by atoms with Gasteiger partial charge in [-0.1, -0.05) is 23.7 Å².